The predicted octanol–water partition coefficient (Wildman–Crippen LogP) is 2.70. The molecule has 0 spiro atoms. The molecule has 1 heterocycles. The first kappa shape index (κ1) is 15.6. The van der Waals surface area contributed by atoms with Gasteiger partial charge in [0.1, 0.15) is 5.92 Å². The average Bonchev–Trinajstić information content (AvgIpc) is 2.55. The second-order valence-electron chi connectivity index (χ2n) is 5.50. The number of aromatic nitrogens is 1. The van der Waals surface area contributed by atoms with Gasteiger partial charge in [0.05, 0.1) is 5.69 Å². The van der Waals surface area contributed by atoms with E-state index in [1.807, 2.05) is 13.8 Å². The molecular weight excluding hydrogens is 264 g/mol. The third-order valence-electron chi connectivity index (χ3n) is 2.83. The molecule has 5 nitrogen and oxygen atoms in total. The normalized spacial score (nSPS) is 13.1. The highest BCUT2D eigenvalue weighted by Crippen LogP contribution is 2.29. The first-order valence-electron chi connectivity index (χ1n) is 6.16. The van der Waals surface area contributed by atoms with Gasteiger partial charge in [-0.2, -0.15) is 0 Å². The number of carbonyl (C=O) groups excluding carboxylic acids is 1. The van der Waals surface area contributed by atoms with Gasteiger partial charge in [0, 0.05) is 4.88 Å². The molecule has 0 aliphatic carbocycles. The minimum absolute atomic E-state index is 0.467. The lowest BCUT2D eigenvalue weighted by Crippen LogP contribution is -2.39. The zero-order valence-electron chi connectivity index (χ0n) is 11.9. The summed E-state index contributed by atoms with van der Waals surface area (Å²) in [5.41, 5.74) is 0.290. The maximum absolute atomic E-state index is 12.1. The molecule has 1 atom stereocenters. The van der Waals surface area contributed by atoms with Gasteiger partial charge in [0.15, 0.2) is 5.13 Å². The van der Waals surface area contributed by atoms with E-state index in [-0.39, 0.29) is 0 Å². The average molecular weight is 284 g/mol. The van der Waals surface area contributed by atoms with Crippen LogP contribution in [0.3, 0.4) is 0 Å². The van der Waals surface area contributed by atoms with Crippen molar-refractivity contribution in [1.29, 1.82) is 0 Å². The highest BCUT2D eigenvalue weighted by molar-refractivity contribution is 7.15. The standard InChI is InChI=1S/C13H20N2O3S/c1-6-8-7(2)19-12(14-8)15-10(16)9(11(17)18)13(3,4)5/h9H,6H2,1-5H3,(H,17,18)(H,14,15,16). The number of rotatable bonds is 4. The van der Waals surface area contributed by atoms with Gasteiger partial charge in [-0.25, -0.2) is 4.98 Å². The summed E-state index contributed by atoms with van der Waals surface area (Å²) in [6, 6.07) is 0. The number of carboxylic acids is 1. The van der Waals surface area contributed by atoms with Crippen LogP contribution >= 0.6 is 11.3 Å². The predicted molar refractivity (Wildman–Crippen MR) is 75.4 cm³/mol. The molecule has 0 saturated heterocycles. The summed E-state index contributed by atoms with van der Waals surface area (Å²) in [4.78, 5) is 28.6. The van der Waals surface area contributed by atoms with Crippen molar-refractivity contribution in [3.8, 4) is 0 Å². The number of hydrogen-bond donors (Lipinski definition) is 2. The van der Waals surface area contributed by atoms with Crippen LogP contribution in [0.4, 0.5) is 5.13 Å². The highest BCUT2D eigenvalue weighted by Gasteiger charge is 2.38. The van der Waals surface area contributed by atoms with E-state index in [4.69, 9.17) is 0 Å². The highest BCUT2D eigenvalue weighted by atomic mass is 32.1. The number of nitrogens with zero attached hydrogens (tertiary/aromatic N) is 1. The summed E-state index contributed by atoms with van der Waals surface area (Å²) in [7, 11) is 0. The fourth-order valence-electron chi connectivity index (χ4n) is 1.86. The van der Waals surface area contributed by atoms with Crippen LogP contribution in [-0.4, -0.2) is 22.0 Å². The van der Waals surface area contributed by atoms with Gasteiger partial charge in [-0.3, -0.25) is 9.59 Å². The summed E-state index contributed by atoms with van der Waals surface area (Å²) in [6.07, 6.45) is 0.792. The zero-order valence-corrected chi connectivity index (χ0v) is 12.7. The van der Waals surface area contributed by atoms with E-state index in [2.05, 4.69) is 10.3 Å². The van der Waals surface area contributed by atoms with Crippen LogP contribution in [0.15, 0.2) is 0 Å². The van der Waals surface area contributed by atoms with Crippen molar-refractivity contribution < 1.29 is 14.7 Å². The summed E-state index contributed by atoms with van der Waals surface area (Å²) < 4.78 is 0. The lowest BCUT2D eigenvalue weighted by Gasteiger charge is -2.25. The molecule has 1 amide bonds. The number of aliphatic carboxylic acids is 1. The molecule has 0 bridgehead atoms. The molecule has 0 radical (unpaired) electrons. The molecule has 1 aromatic heterocycles. The minimum atomic E-state index is -1.12. The largest absolute Gasteiger partial charge is 0.481 e. The summed E-state index contributed by atoms with van der Waals surface area (Å²) in [6.45, 7) is 9.12. The van der Waals surface area contributed by atoms with E-state index < -0.39 is 23.2 Å². The van der Waals surface area contributed by atoms with Gasteiger partial charge in [-0.15, -0.1) is 11.3 Å². The molecule has 19 heavy (non-hydrogen) atoms. The monoisotopic (exact) mass is 284 g/mol. The Balaban J connectivity index is 2.91. The van der Waals surface area contributed by atoms with E-state index in [0.717, 1.165) is 17.0 Å². The van der Waals surface area contributed by atoms with Crippen LogP contribution in [0.25, 0.3) is 0 Å². The molecule has 0 fully saturated rings. The fraction of sp³-hybridized carbons (Fsp3) is 0.615. The molecule has 106 valence electrons. The molecule has 2 N–H and O–H groups in total. The smallest absolute Gasteiger partial charge is 0.316 e. The molecule has 0 aliphatic heterocycles. The Morgan fingerprint density at radius 3 is 2.37 bits per heavy atom. The lowest BCUT2D eigenvalue weighted by atomic mass is 9.80. The first-order valence-corrected chi connectivity index (χ1v) is 6.98. The molecule has 0 saturated carbocycles. The van der Waals surface area contributed by atoms with Crippen molar-refractivity contribution >= 4 is 28.3 Å². The Kier molecular flexibility index (Phi) is 4.68. The van der Waals surface area contributed by atoms with E-state index in [1.54, 1.807) is 20.8 Å². The Morgan fingerprint density at radius 1 is 1.42 bits per heavy atom. The van der Waals surface area contributed by atoms with Crippen LogP contribution in [0, 0.1) is 18.3 Å². The molecule has 1 aromatic rings. The van der Waals surface area contributed by atoms with Gasteiger partial charge in [-0.1, -0.05) is 27.7 Å². The molecule has 6 heteroatoms. The van der Waals surface area contributed by atoms with Crippen molar-refractivity contribution in [1.82, 2.24) is 4.98 Å². The van der Waals surface area contributed by atoms with Crippen molar-refractivity contribution in [3.05, 3.63) is 10.6 Å². The van der Waals surface area contributed by atoms with Crippen LogP contribution in [0.5, 0.6) is 0 Å². The van der Waals surface area contributed by atoms with Crippen LogP contribution in [-0.2, 0) is 16.0 Å². The number of nitrogens with one attached hydrogen (secondary N) is 1. The number of thiazole rings is 1. The number of aryl methyl sites for hydroxylation is 2. The van der Waals surface area contributed by atoms with Crippen molar-refractivity contribution in [3.63, 3.8) is 0 Å². The van der Waals surface area contributed by atoms with E-state index in [9.17, 15) is 14.7 Å². The molecule has 0 aromatic carbocycles. The SMILES string of the molecule is CCc1nc(NC(=O)C(C(=O)O)C(C)(C)C)sc1C. The van der Waals surface area contributed by atoms with Crippen molar-refractivity contribution in [2.75, 3.05) is 5.32 Å². The third kappa shape index (κ3) is 3.76. The lowest BCUT2D eigenvalue weighted by molar-refractivity contribution is -0.149. The summed E-state index contributed by atoms with van der Waals surface area (Å²) in [5, 5.41) is 12.3. The number of carboxylic acid groups (broad SMARTS) is 1. The molecular formula is C13H20N2O3S. The zero-order chi connectivity index (χ0) is 14.8. The Bertz CT molecular complexity index is 489. The summed E-state index contributed by atoms with van der Waals surface area (Å²) in [5.74, 6) is -2.73. The van der Waals surface area contributed by atoms with Gasteiger partial charge < -0.3 is 10.4 Å². The molecule has 1 rings (SSSR count). The number of hydrogen-bond acceptors (Lipinski definition) is 4. The van der Waals surface area contributed by atoms with Gasteiger partial charge in [0.2, 0.25) is 5.91 Å². The maximum atomic E-state index is 12.1. The Morgan fingerprint density at radius 2 is 2.00 bits per heavy atom. The number of carbonyl (C=O) groups is 2. The Labute approximate surface area is 117 Å². The minimum Gasteiger partial charge on any atom is -0.481 e. The van der Waals surface area contributed by atoms with Crippen molar-refractivity contribution in [2.24, 2.45) is 11.3 Å². The van der Waals surface area contributed by atoms with E-state index in [0.29, 0.717) is 5.13 Å². The van der Waals surface area contributed by atoms with Gasteiger partial charge >= 0.3 is 5.97 Å². The first-order chi connectivity index (χ1) is 8.66. The second-order valence-corrected chi connectivity index (χ2v) is 6.71. The Hall–Kier alpha value is -1.43. The molecule has 0 aliphatic rings. The second kappa shape index (κ2) is 5.69. The van der Waals surface area contributed by atoms with E-state index >= 15 is 0 Å². The number of amides is 1. The van der Waals surface area contributed by atoms with Gasteiger partial charge in [0.25, 0.3) is 0 Å². The number of anilines is 1. The fourth-order valence-corrected chi connectivity index (χ4v) is 2.77. The topological polar surface area (TPSA) is 79.3 Å². The third-order valence-corrected chi connectivity index (χ3v) is 3.76. The van der Waals surface area contributed by atoms with Crippen LogP contribution in [0.1, 0.15) is 38.3 Å². The van der Waals surface area contributed by atoms with Crippen molar-refractivity contribution in [2.45, 2.75) is 41.0 Å². The maximum Gasteiger partial charge on any atom is 0.316 e. The quantitative estimate of drug-likeness (QED) is 0.833. The molecule has 1 unspecified atom stereocenters. The van der Waals surface area contributed by atoms with Crippen LogP contribution < -0.4 is 5.32 Å². The van der Waals surface area contributed by atoms with Gasteiger partial charge in [-0.05, 0) is 18.8 Å². The van der Waals surface area contributed by atoms with E-state index in [1.165, 1.54) is 11.3 Å². The summed E-state index contributed by atoms with van der Waals surface area (Å²) >= 11 is 1.37. The van der Waals surface area contributed by atoms with Crippen LogP contribution in [0.2, 0.25) is 0 Å².